The highest BCUT2D eigenvalue weighted by atomic mass is 16.5. The van der Waals surface area contributed by atoms with E-state index in [1.54, 1.807) is 18.2 Å². The van der Waals surface area contributed by atoms with Crippen molar-refractivity contribution in [2.75, 3.05) is 13.2 Å². The van der Waals surface area contributed by atoms with Crippen LogP contribution >= 0.6 is 0 Å². The number of aromatic nitrogens is 2. The fourth-order valence-electron chi connectivity index (χ4n) is 4.30. The molecule has 1 aliphatic heterocycles. The van der Waals surface area contributed by atoms with E-state index in [0.29, 0.717) is 29.8 Å². The summed E-state index contributed by atoms with van der Waals surface area (Å²) in [7, 11) is 0. The third-order valence-electron chi connectivity index (χ3n) is 5.88. The van der Waals surface area contributed by atoms with E-state index >= 15 is 0 Å². The molecule has 5 rings (SSSR count). The summed E-state index contributed by atoms with van der Waals surface area (Å²) in [5.74, 6) is 0.458. The van der Waals surface area contributed by atoms with E-state index in [4.69, 9.17) is 4.74 Å². The van der Waals surface area contributed by atoms with Crippen LogP contribution in [0.5, 0.6) is 0 Å². The summed E-state index contributed by atoms with van der Waals surface area (Å²) >= 11 is 0. The van der Waals surface area contributed by atoms with Crippen LogP contribution in [0, 0.1) is 0 Å². The van der Waals surface area contributed by atoms with E-state index in [1.165, 1.54) is 11.1 Å². The Morgan fingerprint density at radius 3 is 2.62 bits per heavy atom. The number of hydrogen-bond acceptors (Lipinski definition) is 4. The van der Waals surface area contributed by atoms with Gasteiger partial charge in [0, 0.05) is 19.0 Å². The fourth-order valence-corrected chi connectivity index (χ4v) is 4.30. The molecular weight excluding hydrogens is 402 g/mol. The van der Waals surface area contributed by atoms with Crippen molar-refractivity contribution in [2.45, 2.75) is 19.1 Å². The van der Waals surface area contributed by atoms with E-state index in [2.05, 4.69) is 34.2 Å². The van der Waals surface area contributed by atoms with Crippen molar-refractivity contribution in [3.8, 4) is 0 Å². The lowest BCUT2D eigenvalue weighted by molar-refractivity contribution is -0.137. The maximum absolute atomic E-state index is 13.0. The molecule has 1 aromatic heterocycles. The van der Waals surface area contributed by atoms with Crippen molar-refractivity contribution in [1.29, 1.82) is 0 Å². The number of amides is 1. The normalized spacial score (nSPS) is 15.5. The molecular formula is C26H23N3O3. The first-order chi connectivity index (χ1) is 15.7. The van der Waals surface area contributed by atoms with Gasteiger partial charge >= 0.3 is 0 Å². The van der Waals surface area contributed by atoms with Crippen LogP contribution in [0.4, 0.5) is 0 Å². The highest BCUT2D eigenvalue weighted by Crippen LogP contribution is 2.33. The molecule has 0 bridgehead atoms. The Balaban J connectivity index is 1.28. The molecule has 6 heteroatoms. The van der Waals surface area contributed by atoms with Gasteiger partial charge in [0.2, 0.25) is 5.91 Å². The summed E-state index contributed by atoms with van der Waals surface area (Å²) in [5.41, 5.74) is 4.01. The molecule has 0 fully saturated rings. The maximum Gasteiger partial charge on any atom is 0.258 e. The summed E-state index contributed by atoms with van der Waals surface area (Å²) in [6.45, 7) is 1.17. The van der Waals surface area contributed by atoms with E-state index in [9.17, 15) is 9.59 Å². The van der Waals surface area contributed by atoms with Gasteiger partial charge in [-0.05, 0) is 28.8 Å². The van der Waals surface area contributed by atoms with Crippen molar-refractivity contribution in [2.24, 2.45) is 0 Å². The van der Waals surface area contributed by atoms with E-state index in [0.717, 1.165) is 5.56 Å². The molecule has 1 atom stereocenters. The van der Waals surface area contributed by atoms with Crippen LogP contribution in [0.15, 0.2) is 83.7 Å². The van der Waals surface area contributed by atoms with Crippen molar-refractivity contribution in [1.82, 2.24) is 14.9 Å². The topological polar surface area (TPSA) is 75.3 Å². The van der Waals surface area contributed by atoms with Crippen LogP contribution in [-0.2, 0) is 22.7 Å². The molecule has 2 heterocycles. The van der Waals surface area contributed by atoms with E-state index in [-0.39, 0.29) is 30.6 Å². The van der Waals surface area contributed by atoms with Gasteiger partial charge in [-0.25, -0.2) is 4.98 Å². The number of carbonyl (C=O) groups is 1. The first-order valence-electron chi connectivity index (χ1n) is 10.7. The first kappa shape index (κ1) is 20.2. The number of fused-ring (bicyclic) bond motifs is 2. The number of hydrogen-bond donors (Lipinski definition) is 1. The lowest BCUT2D eigenvalue weighted by Gasteiger charge is -2.35. The zero-order valence-electron chi connectivity index (χ0n) is 17.5. The van der Waals surface area contributed by atoms with Gasteiger partial charge in [-0.3, -0.25) is 9.59 Å². The smallest absolute Gasteiger partial charge is 0.258 e. The Kier molecular flexibility index (Phi) is 5.52. The molecule has 0 radical (unpaired) electrons. The molecule has 0 aliphatic carbocycles. The Morgan fingerprint density at radius 2 is 1.75 bits per heavy atom. The van der Waals surface area contributed by atoms with Gasteiger partial charge in [-0.2, -0.15) is 0 Å². The van der Waals surface area contributed by atoms with E-state index < -0.39 is 0 Å². The quantitative estimate of drug-likeness (QED) is 0.530. The number of nitrogens with zero attached hydrogens (tertiary/aromatic N) is 2. The summed E-state index contributed by atoms with van der Waals surface area (Å²) in [5, 5.41) is 0.534. The molecule has 32 heavy (non-hydrogen) atoms. The van der Waals surface area contributed by atoms with Crippen molar-refractivity contribution >= 4 is 16.8 Å². The average Bonchev–Trinajstić information content (AvgIpc) is 2.84. The molecule has 1 N–H and O–H groups in total. The highest BCUT2D eigenvalue weighted by molar-refractivity contribution is 5.78. The number of ether oxygens (including phenoxy) is 1. The van der Waals surface area contributed by atoms with Gasteiger partial charge < -0.3 is 14.6 Å². The molecule has 1 aliphatic rings. The molecule has 3 aromatic carbocycles. The zero-order valence-corrected chi connectivity index (χ0v) is 17.5. The number of nitrogens with one attached hydrogen (secondary N) is 1. The van der Waals surface area contributed by atoms with Gasteiger partial charge in [0.1, 0.15) is 19.0 Å². The Morgan fingerprint density at radius 1 is 1.00 bits per heavy atom. The standard InChI is InChI=1S/C26H23N3O3/c30-25(17-32-16-24-27-23-13-7-6-12-21(23)26(31)28-24)29-14-19-10-4-5-11-20(19)22(15-29)18-8-2-1-3-9-18/h1-13,22H,14-17H2,(H,27,28,31). The van der Waals surface area contributed by atoms with Gasteiger partial charge in [0.25, 0.3) is 5.56 Å². The van der Waals surface area contributed by atoms with Crippen molar-refractivity contribution in [3.63, 3.8) is 0 Å². The second-order valence-electron chi connectivity index (χ2n) is 7.96. The number of benzene rings is 3. The van der Waals surface area contributed by atoms with Crippen LogP contribution in [0.1, 0.15) is 28.4 Å². The number of para-hydroxylation sites is 1. The zero-order chi connectivity index (χ0) is 21.9. The molecule has 1 amide bonds. The third kappa shape index (κ3) is 4.05. The lowest BCUT2D eigenvalue weighted by atomic mass is 9.84. The van der Waals surface area contributed by atoms with Crippen LogP contribution in [0.25, 0.3) is 10.9 Å². The minimum atomic E-state index is -0.209. The van der Waals surface area contributed by atoms with Crippen molar-refractivity contribution in [3.05, 3.63) is 112 Å². The molecule has 4 aromatic rings. The minimum absolute atomic E-state index is 0.0678. The first-order valence-corrected chi connectivity index (χ1v) is 10.7. The Hall–Kier alpha value is -3.77. The molecule has 160 valence electrons. The highest BCUT2D eigenvalue weighted by Gasteiger charge is 2.28. The third-order valence-corrected chi connectivity index (χ3v) is 5.88. The Labute approximate surface area is 185 Å². The van der Waals surface area contributed by atoms with Gasteiger partial charge in [0.05, 0.1) is 10.9 Å². The second-order valence-corrected chi connectivity index (χ2v) is 7.96. The van der Waals surface area contributed by atoms with E-state index in [1.807, 2.05) is 41.3 Å². The number of rotatable bonds is 5. The second kappa shape index (κ2) is 8.77. The van der Waals surface area contributed by atoms with Gasteiger partial charge in [-0.15, -0.1) is 0 Å². The Bertz CT molecular complexity index is 1320. The summed E-state index contributed by atoms with van der Waals surface area (Å²) < 4.78 is 5.64. The lowest BCUT2D eigenvalue weighted by Crippen LogP contribution is -2.40. The molecule has 1 unspecified atom stereocenters. The summed E-state index contributed by atoms with van der Waals surface area (Å²) in [6, 6.07) is 25.7. The summed E-state index contributed by atoms with van der Waals surface area (Å²) in [4.78, 5) is 34.2. The molecule has 0 saturated carbocycles. The number of carbonyl (C=O) groups excluding carboxylic acids is 1. The van der Waals surface area contributed by atoms with Crippen LogP contribution in [0.3, 0.4) is 0 Å². The minimum Gasteiger partial charge on any atom is -0.364 e. The molecule has 0 spiro atoms. The number of aromatic amines is 1. The maximum atomic E-state index is 13.0. The molecule has 0 saturated heterocycles. The van der Waals surface area contributed by atoms with Crippen LogP contribution in [0.2, 0.25) is 0 Å². The van der Waals surface area contributed by atoms with Gasteiger partial charge in [0.15, 0.2) is 0 Å². The predicted octanol–water partition coefficient (Wildman–Crippen LogP) is 3.61. The monoisotopic (exact) mass is 425 g/mol. The van der Waals surface area contributed by atoms with Crippen LogP contribution in [-0.4, -0.2) is 33.9 Å². The van der Waals surface area contributed by atoms with Crippen LogP contribution < -0.4 is 5.56 Å². The molecule has 6 nitrogen and oxygen atoms in total. The largest absolute Gasteiger partial charge is 0.364 e. The summed E-state index contributed by atoms with van der Waals surface area (Å²) in [6.07, 6.45) is 0. The average molecular weight is 425 g/mol. The van der Waals surface area contributed by atoms with Crippen molar-refractivity contribution < 1.29 is 9.53 Å². The van der Waals surface area contributed by atoms with Gasteiger partial charge in [-0.1, -0.05) is 66.7 Å². The SMILES string of the molecule is O=C(COCc1nc2ccccc2c(=O)[nH]1)N1Cc2ccccc2C(c2ccccc2)C1. The predicted molar refractivity (Wildman–Crippen MR) is 122 cm³/mol. The number of H-pyrrole nitrogens is 1. The fraction of sp³-hybridized carbons (Fsp3) is 0.192.